The predicted octanol–water partition coefficient (Wildman–Crippen LogP) is 3.75. The quantitative estimate of drug-likeness (QED) is 0.464. The number of carbonyl (C=O) groups is 2. The number of nitrogens with zero attached hydrogens (tertiary/aromatic N) is 2. The Hall–Kier alpha value is -2.78. The molecule has 0 unspecified atom stereocenters. The van der Waals surface area contributed by atoms with Crippen molar-refractivity contribution in [2.75, 3.05) is 12.9 Å². The van der Waals surface area contributed by atoms with Gasteiger partial charge in [0.1, 0.15) is 6.54 Å². The lowest BCUT2D eigenvalue weighted by molar-refractivity contribution is -0.141. The Morgan fingerprint density at radius 1 is 1.09 bits per heavy atom. The van der Waals surface area contributed by atoms with Gasteiger partial charge in [-0.3, -0.25) is 9.59 Å². The summed E-state index contributed by atoms with van der Waals surface area (Å²) >= 11 is 1.33. The lowest BCUT2D eigenvalue weighted by Crippen LogP contribution is -2.22. The maximum absolute atomic E-state index is 12.8. The molecule has 9 heteroatoms. The molecule has 0 bridgehead atoms. The fourth-order valence-corrected chi connectivity index (χ4v) is 5.18. The Labute approximate surface area is 191 Å². The first-order valence-electron chi connectivity index (χ1n) is 10.4. The summed E-state index contributed by atoms with van der Waals surface area (Å²) in [5.74, 6) is -0.968. The van der Waals surface area contributed by atoms with Crippen molar-refractivity contribution in [1.82, 2.24) is 4.57 Å². The van der Waals surface area contributed by atoms with Gasteiger partial charge in [0.05, 0.1) is 28.0 Å². The summed E-state index contributed by atoms with van der Waals surface area (Å²) < 4.78 is 31.4. The number of unbranched alkanes of at least 4 members (excludes halogenated alkanes) is 1. The van der Waals surface area contributed by atoms with Gasteiger partial charge in [0, 0.05) is 5.56 Å². The zero-order valence-corrected chi connectivity index (χ0v) is 20.0. The van der Waals surface area contributed by atoms with Gasteiger partial charge in [0.2, 0.25) is 0 Å². The molecule has 3 aromatic rings. The Morgan fingerprint density at radius 3 is 2.44 bits per heavy atom. The van der Waals surface area contributed by atoms with E-state index in [1.54, 1.807) is 11.5 Å². The van der Waals surface area contributed by atoms with Crippen molar-refractivity contribution in [2.45, 2.75) is 44.6 Å². The number of thiazole rings is 1. The van der Waals surface area contributed by atoms with Crippen LogP contribution in [0.1, 0.15) is 42.6 Å². The summed E-state index contributed by atoms with van der Waals surface area (Å²) in [6, 6.07) is 11.8. The topological polar surface area (TPSA) is 94.8 Å². The van der Waals surface area contributed by atoms with Crippen LogP contribution in [0.4, 0.5) is 0 Å². The van der Waals surface area contributed by atoms with Gasteiger partial charge in [-0.2, -0.15) is 4.99 Å². The average molecular weight is 475 g/mol. The van der Waals surface area contributed by atoms with Crippen LogP contribution in [-0.2, 0) is 32.3 Å². The number of hydrogen-bond donors (Lipinski definition) is 0. The third-order valence-corrected chi connectivity index (χ3v) is 7.91. The molecule has 0 radical (unpaired) electrons. The molecule has 0 aliphatic carbocycles. The molecule has 0 aliphatic rings. The van der Waals surface area contributed by atoms with E-state index in [9.17, 15) is 18.0 Å². The average Bonchev–Trinajstić information content (AvgIpc) is 3.13. The number of methoxy groups -OCH3 is 1. The molecule has 0 atom stereocenters. The molecule has 32 heavy (non-hydrogen) atoms. The molecule has 0 aliphatic heterocycles. The monoisotopic (exact) mass is 474 g/mol. The smallest absolute Gasteiger partial charge is 0.325 e. The number of ether oxygens (including phenoxy) is 1. The molecular formula is C23H26N2O5S2. The molecule has 1 heterocycles. The van der Waals surface area contributed by atoms with Gasteiger partial charge < -0.3 is 9.30 Å². The first kappa shape index (κ1) is 23.9. The van der Waals surface area contributed by atoms with Gasteiger partial charge in [-0.05, 0) is 54.8 Å². The Balaban J connectivity index is 2.03. The molecule has 170 valence electrons. The van der Waals surface area contributed by atoms with Gasteiger partial charge in [-0.15, -0.1) is 0 Å². The molecular weight excluding hydrogens is 448 g/mol. The molecule has 1 amide bonds. The highest BCUT2D eigenvalue weighted by Gasteiger charge is 2.15. The molecule has 0 N–H and O–H groups in total. The van der Waals surface area contributed by atoms with Crippen molar-refractivity contribution in [3.63, 3.8) is 0 Å². The van der Waals surface area contributed by atoms with Crippen LogP contribution in [0.2, 0.25) is 0 Å². The van der Waals surface area contributed by atoms with E-state index in [0.29, 0.717) is 4.80 Å². The van der Waals surface area contributed by atoms with Crippen LogP contribution in [0, 0.1) is 0 Å². The number of aryl methyl sites for hydroxylation is 1. The van der Waals surface area contributed by atoms with Crippen LogP contribution in [-0.4, -0.2) is 37.7 Å². The van der Waals surface area contributed by atoms with Crippen LogP contribution in [0.3, 0.4) is 0 Å². The maximum atomic E-state index is 12.8. The fourth-order valence-electron chi connectivity index (χ4n) is 3.21. The van der Waals surface area contributed by atoms with Crippen molar-refractivity contribution in [3.05, 3.63) is 58.4 Å². The molecule has 7 nitrogen and oxygen atoms in total. The highest BCUT2D eigenvalue weighted by Crippen LogP contribution is 2.21. The lowest BCUT2D eigenvalue weighted by atomic mass is 10.1. The summed E-state index contributed by atoms with van der Waals surface area (Å²) in [5, 5.41) is 0. The van der Waals surface area contributed by atoms with Crippen LogP contribution in [0.25, 0.3) is 10.2 Å². The van der Waals surface area contributed by atoms with Crippen molar-refractivity contribution in [1.29, 1.82) is 0 Å². The summed E-state index contributed by atoms with van der Waals surface area (Å²) in [7, 11) is -2.03. The highest BCUT2D eigenvalue weighted by molar-refractivity contribution is 7.91. The fraction of sp³-hybridized carbons (Fsp3) is 0.348. The summed E-state index contributed by atoms with van der Waals surface area (Å²) in [6.45, 7) is 3.64. The van der Waals surface area contributed by atoms with E-state index >= 15 is 0 Å². The number of benzene rings is 2. The van der Waals surface area contributed by atoms with Gasteiger partial charge in [0.15, 0.2) is 14.6 Å². The van der Waals surface area contributed by atoms with Crippen molar-refractivity contribution < 1.29 is 22.7 Å². The molecule has 0 saturated heterocycles. The van der Waals surface area contributed by atoms with Crippen LogP contribution < -0.4 is 4.80 Å². The van der Waals surface area contributed by atoms with E-state index in [0.717, 1.165) is 29.5 Å². The number of esters is 1. The second kappa shape index (κ2) is 10.2. The Morgan fingerprint density at radius 2 is 1.81 bits per heavy atom. The van der Waals surface area contributed by atoms with Gasteiger partial charge >= 0.3 is 5.97 Å². The normalized spacial score (nSPS) is 12.3. The SMILES string of the molecule is CCCCc1ccc2c(c1)sc(=NC(=O)c1ccc(S(=O)(=O)CC)cc1)n2CC(=O)OC. The predicted molar refractivity (Wildman–Crippen MR) is 125 cm³/mol. The minimum Gasteiger partial charge on any atom is -0.468 e. The standard InChI is InChI=1S/C23H26N2O5S2/c1-4-6-7-16-8-13-19-20(14-16)31-23(25(19)15-21(26)30-3)24-22(27)17-9-11-18(12-10-17)32(28,29)5-2/h8-14H,4-7,15H2,1-3H3. The van der Waals surface area contributed by atoms with E-state index < -0.39 is 21.7 Å². The van der Waals surface area contributed by atoms with Gasteiger partial charge in [-0.1, -0.05) is 37.7 Å². The molecule has 3 rings (SSSR count). The van der Waals surface area contributed by atoms with E-state index in [2.05, 4.69) is 18.0 Å². The number of sulfone groups is 1. The first-order valence-corrected chi connectivity index (χ1v) is 12.9. The van der Waals surface area contributed by atoms with Gasteiger partial charge in [-0.25, -0.2) is 8.42 Å². The number of fused-ring (bicyclic) bond motifs is 1. The minimum atomic E-state index is -3.35. The number of hydrogen-bond acceptors (Lipinski definition) is 6. The molecule has 0 spiro atoms. The maximum Gasteiger partial charge on any atom is 0.325 e. The lowest BCUT2D eigenvalue weighted by Gasteiger charge is -2.05. The van der Waals surface area contributed by atoms with Crippen LogP contribution in [0.5, 0.6) is 0 Å². The summed E-state index contributed by atoms with van der Waals surface area (Å²) in [5.41, 5.74) is 2.26. The van der Waals surface area contributed by atoms with Crippen molar-refractivity contribution in [3.8, 4) is 0 Å². The number of aromatic nitrogens is 1. The van der Waals surface area contributed by atoms with Crippen LogP contribution >= 0.6 is 11.3 Å². The Bertz CT molecular complexity index is 1300. The van der Waals surface area contributed by atoms with Crippen molar-refractivity contribution >= 4 is 43.3 Å². The summed E-state index contributed by atoms with van der Waals surface area (Å²) in [6.07, 6.45) is 3.14. The summed E-state index contributed by atoms with van der Waals surface area (Å²) in [4.78, 5) is 29.6. The van der Waals surface area contributed by atoms with E-state index in [-0.39, 0.29) is 22.8 Å². The largest absolute Gasteiger partial charge is 0.468 e. The third-order valence-electron chi connectivity index (χ3n) is 5.12. The van der Waals surface area contributed by atoms with Crippen LogP contribution in [0.15, 0.2) is 52.4 Å². The molecule has 2 aromatic carbocycles. The first-order chi connectivity index (χ1) is 15.3. The second-order valence-corrected chi connectivity index (χ2v) is 10.6. The third kappa shape index (κ3) is 5.34. The van der Waals surface area contributed by atoms with Gasteiger partial charge in [0.25, 0.3) is 5.91 Å². The van der Waals surface area contributed by atoms with E-state index in [1.807, 2.05) is 12.1 Å². The van der Waals surface area contributed by atoms with E-state index in [4.69, 9.17) is 4.74 Å². The molecule has 0 fully saturated rings. The number of carbonyl (C=O) groups excluding carboxylic acids is 2. The van der Waals surface area contributed by atoms with Crippen molar-refractivity contribution in [2.24, 2.45) is 4.99 Å². The zero-order chi connectivity index (χ0) is 23.3. The minimum absolute atomic E-state index is 0.0137. The second-order valence-electron chi connectivity index (χ2n) is 7.30. The number of rotatable bonds is 8. The molecule has 1 aromatic heterocycles. The highest BCUT2D eigenvalue weighted by atomic mass is 32.2. The zero-order valence-electron chi connectivity index (χ0n) is 18.3. The Kier molecular flexibility index (Phi) is 7.63. The van der Waals surface area contributed by atoms with E-state index in [1.165, 1.54) is 48.3 Å². The number of amides is 1. The molecule has 0 saturated carbocycles.